The number of hydrogen-bond acceptors (Lipinski definition) is 5. The van der Waals surface area contributed by atoms with Gasteiger partial charge in [-0.25, -0.2) is 9.59 Å². The highest BCUT2D eigenvalue weighted by atomic mass is 16.7. The molecule has 2 fully saturated rings. The molecule has 2 aromatic carbocycles. The van der Waals surface area contributed by atoms with Gasteiger partial charge < -0.3 is 19.2 Å². The summed E-state index contributed by atoms with van der Waals surface area (Å²) in [4.78, 5) is 28.1. The number of carboxylic acid groups (broad SMARTS) is 1. The van der Waals surface area contributed by atoms with E-state index in [1.165, 1.54) is 4.90 Å². The molecule has 2 aliphatic rings. The second-order valence-electron chi connectivity index (χ2n) is 11.2. The zero-order valence-corrected chi connectivity index (χ0v) is 22.8. The van der Waals surface area contributed by atoms with Gasteiger partial charge in [0.2, 0.25) is 0 Å². The molecule has 0 spiro atoms. The van der Waals surface area contributed by atoms with Crippen LogP contribution in [0, 0.1) is 0 Å². The number of esters is 1. The zero-order chi connectivity index (χ0) is 27.6. The third kappa shape index (κ3) is 5.25. The highest BCUT2D eigenvalue weighted by Crippen LogP contribution is 2.49. The third-order valence-electron chi connectivity index (χ3n) is 8.18. The van der Waals surface area contributed by atoms with Gasteiger partial charge in [0.25, 0.3) is 0 Å². The van der Waals surface area contributed by atoms with Crippen LogP contribution in [0.3, 0.4) is 0 Å². The second-order valence-corrected chi connectivity index (χ2v) is 11.2. The third-order valence-corrected chi connectivity index (χ3v) is 8.18. The fourth-order valence-electron chi connectivity index (χ4n) is 5.52. The van der Waals surface area contributed by atoms with Gasteiger partial charge >= 0.3 is 19.2 Å². The van der Waals surface area contributed by atoms with Gasteiger partial charge in [0.1, 0.15) is 11.6 Å². The number of rotatable bonds is 9. The molecule has 0 radical (unpaired) electrons. The second kappa shape index (κ2) is 10.9. The SMILES string of the molecule is C=CCC1(CCCCB2OC(C)(C)C(C)(C)O2)C(=O)OC(c2ccccc2)C(c2ccccc2)N1C(=O)O. The van der Waals surface area contributed by atoms with Gasteiger partial charge in [-0.1, -0.05) is 79.6 Å². The number of carbonyl (C=O) groups is 2. The Balaban J connectivity index is 1.62. The number of nitrogens with zero attached hydrogens (tertiary/aromatic N) is 1. The number of morpholine rings is 1. The van der Waals surface area contributed by atoms with E-state index in [2.05, 4.69) is 6.58 Å². The molecule has 2 aromatic rings. The van der Waals surface area contributed by atoms with E-state index in [-0.39, 0.29) is 13.5 Å². The minimum absolute atomic E-state index is 0.152. The van der Waals surface area contributed by atoms with E-state index in [1.807, 2.05) is 88.4 Å². The van der Waals surface area contributed by atoms with Crippen molar-refractivity contribution in [3.8, 4) is 0 Å². The van der Waals surface area contributed by atoms with Crippen molar-refractivity contribution in [1.82, 2.24) is 4.90 Å². The van der Waals surface area contributed by atoms with E-state index in [0.29, 0.717) is 25.6 Å². The summed E-state index contributed by atoms with van der Waals surface area (Å²) in [6.45, 7) is 11.9. The molecule has 2 heterocycles. The Morgan fingerprint density at radius 2 is 1.53 bits per heavy atom. The van der Waals surface area contributed by atoms with Gasteiger partial charge in [-0.3, -0.25) is 4.90 Å². The lowest BCUT2D eigenvalue weighted by Crippen LogP contribution is -2.63. The molecular weight excluding hydrogens is 481 g/mol. The lowest BCUT2D eigenvalue weighted by atomic mass is 9.78. The predicted octanol–water partition coefficient (Wildman–Crippen LogP) is 6.58. The van der Waals surface area contributed by atoms with Crippen molar-refractivity contribution in [1.29, 1.82) is 0 Å². The maximum Gasteiger partial charge on any atom is 0.457 e. The maximum absolute atomic E-state index is 13.8. The van der Waals surface area contributed by atoms with Crippen molar-refractivity contribution in [2.75, 3.05) is 0 Å². The number of amides is 1. The molecule has 4 rings (SSSR count). The Hall–Kier alpha value is -3.10. The smallest absolute Gasteiger partial charge is 0.457 e. The topological polar surface area (TPSA) is 85.3 Å². The first-order valence-electron chi connectivity index (χ1n) is 13.3. The monoisotopic (exact) mass is 519 g/mol. The summed E-state index contributed by atoms with van der Waals surface area (Å²) >= 11 is 0. The van der Waals surface area contributed by atoms with Crippen molar-refractivity contribution in [2.45, 2.75) is 88.6 Å². The van der Waals surface area contributed by atoms with Crippen molar-refractivity contribution in [3.63, 3.8) is 0 Å². The average Bonchev–Trinajstić information content (AvgIpc) is 3.09. The standard InChI is InChI=1S/C30H38BNO6/c1-6-19-30(20-13-14-21-31-37-28(2,3)29(4,5)38-31)26(33)36-25(23-17-11-8-12-18-23)24(32(30)27(34)35)22-15-9-7-10-16-22/h6-12,15-18,24-25H,1,13-14,19-21H2,2-5H3,(H,34,35). The first-order valence-corrected chi connectivity index (χ1v) is 13.3. The van der Waals surface area contributed by atoms with Gasteiger partial charge in [0.05, 0.1) is 11.2 Å². The quantitative estimate of drug-likeness (QED) is 0.174. The van der Waals surface area contributed by atoms with E-state index in [4.69, 9.17) is 14.0 Å². The molecule has 7 nitrogen and oxygen atoms in total. The molecule has 1 N–H and O–H groups in total. The van der Waals surface area contributed by atoms with Crippen LogP contribution in [-0.2, 0) is 18.8 Å². The summed E-state index contributed by atoms with van der Waals surface area (Å²) in [6.07, 6.45) is 2.07. The summed E-state index contributed by atoms with van der Waals surface area (Å²) in [5.74, 6) is -0.545. The molecule has 0 bridgehead atoms. The van der Waals surface area contributed by atoms with Crippen LogP contribution < -0.4 is 0 Å². The lowest BCUT2D eigenvalue weighted by molar-refractivity contribution is -0.187. The minimum atomic E-state index is -1.39. The maximum atomic E-state index is 13.8. The largest absolute Gasteiger partial charge is 0.465 e. The normalized spacial score (nSPS) is 26.2. The van der Waals surface area contributed by atoms with Crippen LogP contribution in [0.2, 0.25) is 6.32 Å². The van der Waals surface area contributed by atoms with Crippen LogP contribution in [0.25, 0.3) is 0 Å². The van der Waals surface area contributed by atoms with Gasteiger partial charge in [-0.2, -0.15) is 0 Å². The fourth-order valence-corrected chi connectivity index (χ4v) is 5.52. The van der Waals surface area contributed by atoms with Gasteiger partial charge in [0.15, 0.2) is 6.10 Å². The van der Waals surface area contributed by atoms with Crippen LogP contribution in [0.15, 0.2) is 73.3 Å². The number of unbranched alkanes of at least 4 members (excludes halogenated alkanes) is 1. The Morgan fingerprint density at radius 3 is 2.05 bits per heavy atom. The first kappa shape index (κ1) is 27.9. The van der Waals surface area contributed by atoms with Crippen LogP contribution >= 0.6 is 0 Å². The van der Waals surface area contributed by atoms with E-state index >= 15 is 0 Å². The Bertz CT molecular complexity index is 1120. The molecule has 0 saturated carbocycles. The summed E-state index contributed by atoms with van der Waals surface area (Å²) in [7, 11) is -0.344. The number of ether oxygens (including phenoxy) is 1. The Morgan fingerprint density at radius 1 is 0.974 bits per heavy atom. The van der Waals surface area contributed by atoms with Crippen molar-refractivity contribution >= 4 is 19.2 Å². The van der Waals surface area contributed by atoms with E-state index < -0.39 is 40.9 Å². The number of cyclic esters (lactones) is 1. The van der Waals surface area contributed by atoms with Gasteiger partial charge in [-0.15, -0.1) is 6.58 Å². The van der Waals surface area contributed by atoms with Crippen LogP contribution in [0.4, 0.5) is 4.79 Å². The molecule has 3 atom stereocenters. The molecular formula is C30H38BNO6. The summed E-state index contributed by atoms with van der Waals surface area (Å²) in [5.41, 5.74) is -0.708. The molecule has 2 saturated heterocycles. The van der Waals surface area contributed by atoms with Crippen LogP contribution in [0.5, 0.6) is 0 Å². The van der Waals surface area contributed by atoms with Gasteiger partial charge in [0, 0.05) is 0 Å². The first-order chi connectivity index (χ1) is 18.0. The fraction of sp³-hybridized carbons (Fsp3) is 0.467. The molecule has 3 unspecified atom stereocenters. The Kier molecular flexibility index (Phi) is 8.05. The van der Waals surface area contributed by atoms with E-state index in [0.717, 1.165) is 11.1 Å². The van der Waals surface area contributed by atoms with Crippen molar-refractivity contribution in [2.24, 2.45) is 0 Å². The molecule has 1 amide bonds. The lowest BCUT2D eigenvalue weighted by Gasteiger charge is -2.51. The zero-order valence-electron chi connectivity index (χ0n) is 22.8. The van der Waals surface area contributed by atoms with Crippen molar-refractivity contribution in [3.05, 3.63) is 84.4 Å². The Labute approximate surface area is 225 Å². The number of hydrogen-bond donors (Lipinski definition) is 1. The molecule has 202 valence electrons. The highest BCUT2D eigenvalue weighted by Gasteiger charge is 2.57. The summed E-state index contributed by atoms with van der Waals surface area (Å²) in [5, 5.41) is 10.6. The summed E-state index contributed by atoms with van der Waals surface area (Å²) in [6, 6.07) is 18.0. The number of benzene rings is 2. The predicted molar refractivity (Wildman–Crippen MR) is 147 cm³/mol. The summed E-state index contributed by atoms with van der Waals surface area (Å²) < 4.78 is 18.4. The highest BCUT2D eigenvalue weighted by molar-refractivity contribution is 6.45. The molecule has 8 heteroatoms. The minimum Gasteiger partial charge on any atom is -0.465 e. The molecule has 38 heavy (non-hydrogen) atoms. The van der Waals surface area contributed by atoms with E-state index in [1.54, 1.807) is 6.08 Å². The molecule has 0 aliphatic carbocycles. The van der Waals surface area contributed by atoms with Crippen LogP contribution in [0.1, 0.15) is 76.7 Å². The van der Waals surface area contributed by atoms with Crippen LogP contribution in [-0.4, -0.2) is 45.9 Å². The average molecular weight is 519 g/mol. The van der Waals surface area contributed by atoms with Gasteiger partial charge in [-0.05, 0) is 58.0 Å². The molecule has 2 aliphatic heterocycles. The number of carbonyl (C=O) groups excluding carboxylic acids is 1. The van der Waals surface area contributed by atoms with Crippen molar-refractivity contribution < 1.29 is 28.7 Å². The van der Waals surface area contributed by atoms with E-state index in [9.17, 15) is 14.7 Å². The molecule has 0 aromatic heterocycles.